The number of amides is 1. The Labute approximate surface area is 245 Å². The van der Waals surface area contributed by atoms with Gasteiger partial charge in [0, 0.05) is 35.6 Å². The van der Waals surface area contributed by atoms with Crippen molar-refractivity contribution in [1.82, 2.24) is 5.32 Å². The number of carbonyl (C=O) groups is 2. The van der Waals surface area contributed by atoms with Gasteiger partial charge in [-0.2, -0.15) is 0 Å². The molecule has 0 unspecified atom stereocenters. The number of methoxy groups -OCH3 is 1. The fraction of sp³-hybridized carbons (Fsp3) is 0.375. The lowest BCUT2D eigenvalue weighted by Crippen LogP contribution is -2.38. The van der Waals surface area contributed by atoms with Crippen molar-refractivity contribution < 1.29 is 33.6 Å². The Morgan fingerprint density at radius 3 is 2.29 bits per heavy atom. The largest absolute Gasteiger partial charge is 0.496 e. The molecular weight excluding hydrogens is 542 g/mol. The molecule has 0 bridgehead atoms. The molecular formula is C32H37NO7S. The van der Waals surface area contributed by atoms with Gasteiger partial charge in [-0.25, -0.2) is 0 Å². The van der Waals surface area contributed by atoms with E-state index in [9.17, 15) is 14.7 Å². The molecule has 3 aromatic rings. The van der Waals surface area contributed by atoms with Gasteiger partial charge >= 0.3 is 5.97 Å². The molecule has 1 heterocycles. The molecule has 0 aromatic heterocycles. The Morgan fingerprint density at radius 2 is 1.63 bits per heavy atom. The van der Waals surface area contributed by atoms with Crippen LogP contribution >= 0.6 is 11.8 Å². The number of carbonyl (C=O) groups excluding carboxylic acids is 2. The molecule has 5 atom stereocenters. The van der Waals surface area contributed by atoms with Gasteiger partial charge in [-0.3, -0.25) is 9.59 Å². The molecule has 218 valence electrons. The number of para-hydroxylation sites is 1. The zero-order chi connectivity index (χ0) is 29.4. The number of aliphatic hydroxyl groups is 1. The lowest BCUT2D eigenvalue weighted by Gasteiger charge is -2.41. The van der Waals surface area contributed by atoms with Crippen molar-refractivity contribution in [2.45, 2.75) is 63.4 Å². The monoisotopic (exact) mass is 579 g/mol. The van der Waals surface area contributed by atoms with Crippen LogP contribution in [0.5, 0.6) is 5.75 Å². The van der Waals surface area contributed by atoms with E-state index in [-0.39, 0.29) is 30.6 Å². The van der Waals surface area contributed by atoms with Crippen LogP contribution in [0.25, 0.3) is 0 Å². The van der Waals surface area contributed by atoms with Crippen LogP contribution in [0.3, 0.4) is 0 Å². The van der Waals surface area contributed by atoms with Crippen molar-refractivity contribution >= 4 is 23.6 Å². The van der Waals surface area contributed by atoms with Gasteiger partial charge in [0.25, 0.3) is 5.91 Å². The number of aliphatic hydroxyl groups excluding tert-OH is 1. The fourth-order valence-corrected chi connectivity index (χ4v) is 5.84. The summed E-state index contributed by atoms with van der Waals surface area (Å²) in [7, 11) is 1.67. The fourth-order valence-electron chi connectivity index (χ4n) is 4.65. The zero-order valence-electron chi connectivity index (χ0n) is 23.7. The molecule has 41 heavy (non-hydrogen) atoms. The third kappa shape index (κ3) is 8.10. The van der Waals surface area contributed by atoms with Crippen molar-refractivity contribution in [1.29, 1.82) is 0 Å². The van der Waals surface area contributed by atoms with Gasteiger partial charge in [-0.15, -0.1) is 11.8 Å². The molecule has 0 saturated carbocycles. The van der Waals surface area contributed by atoms with Crippen molar-refractivity contribution in [3.63, 3.8) is 0 Å². The minimum atomic E-state index is -0.855. The number of esters is 1. The normalized spacial score (nSPS) is 21.1. The van der Waals surface area contributed by atoms with E-state index in [1.807, 2.05) is 72.8 Å². The van der Waals surface area contributed by atoms with E-state index in [0.717, 1.165) is 32.9 Å². The number of hydrogen-bond acceptors (Lipinski definition) is 8. The molecule has 9 heteroatoms. The summed E-state index contributed by atoms with van der Waals surface area (Å²) < 4.78 is 23.6. The molecule has 3 aromatic carbocycles. The smallest absolute Gasteiger partial charge is 0.303 e. The second-order valence-electron chi connectivity index (χ2n) is 9.99. The first kappa shape index (κ1) is 30.6. The predicted octanol–water partition coefficient (Wildman–Crippen LogP) is 5.34. The van der Waals surface area contributed by atoms with Crippen molar-refractivity contribution in [3.05, 3.63) is 95.1 Å². The molecule has 1 amide bonds. The van der Waals surface area contributed by atoms with E-state index in [0.29, 0.717) is 12.3 Å². The summed E-state index contributed by atoms with van der Waals surface area (Å²) in [4.78, 5) is 24.4. The first-order valence-electron chi connectivity index (χ1n) is 13.6. The topological polar surface area (TPSA) is 103 Å². The summed E-state index contributed by atoms with van der Waals surface area (Å²) in [6.45, 7) is 5.23. The standard InChI is InChI=1S/C32H37NO7S/c1-20-28(19-41-29-8-6-5-7-27(29)37-4)39-32(40-30(20)25-13-11-24(18-34)12-14-25)26-15-9-23(10-16-26)17-33-31(36)21(2)38-22(3)35/h5-16,20-21,28,30,32,34H,17-19H2,1-4H3,(H,33,36)/t20-,21-,28+,30+,32+/m0/s1. The van der Waals surface area contributed by atoms with Gasteiger partial charge in [-0.1, -0.05) is 67.6 Å². The molecule has 4 rings (SSSR count). The molecule has 0 spiro atoms. The molecule has 1 aliphatic rings. The Balaban J connectivity index is 1.49. The maximum atomic E-state index is 12.2. The van der Waals surface area contributed by atoms with Crippen LogP contribution in [0.1, 0.15) is 55.4 Å². The number of rotatable bonds is 11. The lowest BCUT2D eigenvalue weighted by molar-refractivity contribution is -0.268. The van der Waals surface area contributed by atoms with Gasteiger partial charge in [0.1, 0.15) is 5.75 Å². The van der Waals surface area contributed by atoms with Gasteiger partial charge in [0.15, 0.2) is 12.4 Å². The molecule has 2 N–H and O–H groups in total. The van der Waals surface area contributed by atoms with E-state index in [1.165, 1.54) is 13.8 Å². The lowest BCUT2D eigenvalue weighted by atomic mass is 9.91. The minimum absolute atomic E-state index is 0.0132. The zero-order valence-corrected chi connectivity index (χ0v) is 24.6. The predicted molar refractivity (Wildman–Crippen MR) is 156 cm³/mol. The molecule has 0 radical (unpaired) electrons. The minimum Gasteiger partial charge on any atom is -0.496 e. The molecule has 1 aliphatic heterocycles. The number of nitrogens with one attached hydrogen (secondary N) is 1. The van der Waals surface area contributed by atoms with Crippen LogP contribution in [-0.2, 0) is 37.0 Å². The van der Waals surface area contributed by atoms with Gasteiger partial charge < -0.3 is 29.4 Å². The summed E-state index contributed by atoms with van der Waals surface area (Å²) in [6.07, 6.45) is -1.78. The van der Waals surface area contributed by atoms with Crippen LogP contribution in [0, 0.1) is 5.92 Å². The Bertz CT molecular complexity index is 1300. The van der Waals surface area contributed by atoms with E-state index in [4.69, 9.17) is 18.9 Å². The van der Waals surface area contributed by atoms with Gasteiger partial charge in [0.05, 0.1) is 25.9 Å². The summed E-state index contributed by atoms with van der Waals surface area (Å²) in [5.74, 6) is 0.734. The van der Waals surface area contributed by atoms with Crippen molar-refractivity contribution in [2.24, 2.45) is 5.92 Å². The van der Waals surface area contributed by atoms with E-state index >= 15 is 0 Å². The van der Waals surface area contributed by atoms with Crippen LogP contribution in [0.15, 0.2) is 77.7 Å². The number of hydrogen-bond donors (Lipinski definition) is 2. The third-order valence-electron chi connectivity index (χ3n) is 7.03. The molecule has 1 saturated heterocycles. The van der Waals surface area contributed by atoms with Crippen LogP contribution in [0.2, 0.25) is 0 Å². The second-order valence-corrected chi connectivity index (χ2v) is 11.1. The first-order valence-corrected chi connectivity index (χ1v) is 14.6. The summed E-state index contributed by atoms with van der Waals surface area (Å²) in [6, 6.07) is 23.5. The van der Waals surface area contributed by atoms with Crippen LogP contribution in [0.4, 0.5) is 0 Å². The van der Waals surface area contributed by atoms with Crippen molar-refractivity contribution in [3.8, 4) is 5.75 Å². The van der Waals surface area contributed by atoms with Crippen LogP contribution < -0.4 is 10.1 Å². The highest BCUT2D eigenvalue weighted by Gasteiger charge is 2.38. The van der Waals surface area contributed by atoms with Crippen LogP contribution in [-0.4, -0.2) is 42.1 Å². The Morgan fingerprint density at radius 1 is 0.976 bits per heavy atom. The molecule has 8 nitrogen and oxygen atoms in total. The highest BCUT2D eigenvalue weighted by molar-refractivity contribution is 7.99. The molecule has 0 aliphatic carbocycles. The Hall–Kier alpha value is -3.37. The average Bonchev–Trinajstić information content (AvgIpc) is 2.99. The maximum Gasteiger partial charge on any atom is 0.303 e. The highest BCUT2D eigenvalue weighted by atomic mass is 32.2. The third-order valence-corrected chi connectivity index (χ3v) is 8.17. The van der Waals surface area contributed by atoms with Crippen molar-refractivity contribution in [2.75, 3.05) is 12.9 Å². The number of ether oxygens (including phenoxy) is 4. The van der Waals surface area contributed by atoms with E-state index in [2.05, 4.69) is 12.2 Å². The summed E-state index contributed by atoms with van der Waals surface area (Å²) in [5, 5.41) is 12.3. The van der Waals surface area contributed by atoms with Gasteiger partial charge in [0.2, 0.25) is 0 Å². The Kier molecular flexibility index (Phi) is 10.8. The van der Waals surface area contributed by atoms with E-state index < -0.39 is 18.4 Å². The summed E-state index contributed by atoms with van der Waals surface area (Å²) in [5.41, 5.74) is 3.62. The highest BCUT2D eigenvalue weighted by Crippen LogP contribution is 2.43. The van der Waals surface area contributed by atoms with E-state index in [1.54, 1.807) is 18.9 Å². The summed E-state index contributed by atoms with van der Waals surface area (Å²) >= 11 is 1.69. The average molecular weight is 580 g/mol. The second kappa shape index (κ2) is 14.5. The quantitative estimate of drug-likeness (QED) is 0.232. The maximum absolute atomic E-state index is 12.2. The van der Waals surface area contributed by atoms with Gasteiger partial charge in [-0.05, 0) is 35.7 Å². The molecule has 1 fully saturated rings. The number of thioether (sulfide) groups is 1. The SMILES string of the molecule is COc1ccccc1SC[C@H]1O[C@@H](c2ccc(CNC(=O)[C@H](C)OC(C)=O)cc2)O[C@@H](c2ccc(CO)cc2)[C@H]1C. The number of benzene rings is 3. The first-order chi connectivity index (χ1) is 19.8.